The minimum absolute atomic E-state index is 0.0417. The Morgan fingerprint density at radius 2 is 1.55 bits per heavy atom. The van der Waals surface area contributed by atoms with Crippen LogP contribution in [0.25, 0.3) is 11.1 Å². The first kappa shape index (κ1) is 34.2. The Balaban J connectivity index is 1.44. The van der Waals surface area contributed by atoms with E-state index >= 15 is 0 Å². The first-order valence-electron chi connectivity index (χ1n) is 15.5. The van der Waals surface area contributed by atoms with Gasteiger partial charge in [-0.1, -0.05) is 6.92 Å². The highest BCUT2D eigenvalue weighted by molar-refractivity contribution is 5.77. The Hall–Kier alpha value is -4.17. The quantitative estimate of drug-likeness (QED) is 0.257. The predicted molar refractivity (Wildman–Crippen MR) is 159 cm³/mol. The number of carbonyl (C=O) groups is 2. The van der Waals surface area contributed by atoms with Crippen LogP contribution in [0.3, 0.4) is 0 Å². The number of likely N-dealkylation sites (tertiary alicyclic amines) is 1. The van der Waals surface area contributed by atoms with Crippen LogP contribution in [0.2, 0.25) is 0 Å². The number of halogens is 6. The molecule has 0 radical (unpaired) electrons. The van der Waals surface area contributed by atoms with Crippen LogP contribution >= 0.6 is 0 Å². The van der Waals surface area contributed by atoms with Crippen molar-refractivity contribution in [3.8, 4) is 11.1 Å². The zero-order valence-electron chi connectivity index (χ0n) is 25.9. The minimum Gasteiger partial charge on any atom is -0.481 e. The highest BCUT2D eigenvalue weighted by atomic mass is 19.4. The zero-order valence-corrected chi connectivity index (χ0v) is 25.9. The van der Waals surface area contributed by atoms with Crippen molar-refractivity contribution in [1.29, 1.82) is 0 Å². The lowest BCUT2D eigenvalue weighted by Crippen LogP contribution is -2.41. The summed E-state index contributed by atoms with van der Waals surface area (Å²) in [6, 6.07) is 0.788. The molecule has 0 bridgehead atoms. The number of alkyl halides is 6. The van der Waals surface area contributed by atoms with Gasteiger partial charge in [-0.25, -0.2) is 9.97 Å². The lowest BCUT2D eigenvalue weighted by Gasteiger charge is -2.31. The number of rotatable bonds is 9. The normalized spacial score (nSPS) is 22.0. The van der Waals surface area contributed by atoms with Crippen molar-refractivity contribution < 1.29 is 41.0 Å². The largest absolute Gasteiger partial charge is 0.481 e. The van der Waals surface area contributed by atoms with Crippen LogP contribution < -0.4 is 4.90 Å². The highest BCUT2D eigenvalue weighted by Crippen LogP contribution is 2.38. The number of aliphatic carboxylic acids is 1. The summed E-state index contributed by atoms with van der Waals surface area (Å²) in [6.45, 7) is 1.74. The number of hydrogen-bond acceptors (Lipinski definition) is 6. The van der Waals surface area contributed by atoms with E-state index in [0.717, 1.165) is 5.56 Å². The van der Waals surface area contributed by atoms with E-state index < -0.39 is 41.4 Å². The van der Waals surface area contributed by atoms with Gasteiger partial charge in [-0.15, -0.1) is 0 Å². The van der Waals surface area contributed by atoms with Gasteiger partial charge in [0.25, 0.3) is 0 Å². The molecule has 3 aromatic rings. The molecular formula is C32H36F6N6O3. The second kappa shape index (κ2) is 13.5. The first-order chi connectivity index (χ1) is 22.1. The number of aromatic nitrogens is 4. The third-order valence-corrected chi connectivity index (χ3v) is 9.22. The number of nitrogens with zero attached hydrogens (tertiary/aromatic N) is 6. The van der Waals surface area contributed by atoms with E-state index in [2.05, 4.69) is 15.1 Å². The van der Waals surface area contributed by atoms with E-state index in [1.807, 2.05) is 6.92 Å². The Morgan fingerprint density at radius 3 is 2.06 bits per heavy atom. The van der Waals surface area contributed by atoms with E-state index in [4.69, 9.17) is 0 Å². The van der Waals surface area contributed by atoms with Crippen LogP contribution in [-0.4, -0.2) is 60.3 Å². The molecule has 15 heteroatoms. The fraction of sp³-hybridized carbons (Fsp3) is 0.531. The second-order valence-electron chi connectivity index (χ2n) is 12.5. The maximum Gasteiger partial charge on any atom is 0.416 e. The molecule has 2 aromatic heterocycles. The second-order valence-corrected chi connectivity index (χ2v) is 12.5. The van der Waals surface area contributed by atoms with Gasteiger partial charge in [0, 0.05) is 62.3 Å². The van der Waals surface area contributed by atoms with Crippen LogP contribution in [0.15, 0.2) is 43.0 Å². The molecule has 1 N–H and O–H groups in total. The number of aryl methyl sites for hydroxylation is 1. The van der Waals surface area contributed by atoms with E-state index in [0.29, 0.717) is 56.2 Å². The average molecular weight is 667 g/mol. The van der Waals surface area contributed by atoms with Gasteiger partial charge >= 0.3 is 18.3 Å². The number of benzene rings is 1. The molecule has 2 atom stereocenters. The summed E-state index contributed by atoms with van der Waals surface area (Å²) < 4.78 is 83.8. The van der Waals surface area contributed by atoms with Gasteiger partial charge in [0.1, 0.15) is 0 Å². The molecule has 1 saturated carbocycles. The molecule has 3 heterocycles. The standard InChI is InChI=1S/C32H36F6N6O3/c1-3-26-12-27(18-43(26)28(45)10-19-4-6-21(7-5-19)29(46)47)44(30-39-13-22(14-40-30)23-15-41-42(2)17-23)16-20-8-24(31(33,34)35)11-25(9-20)32(36,37)38/h8-9,11,13-15,17,19,21,26-27H,3-7,10,12,16,18H2,1-2H3,(H,46,47)/t19?,21?,26-,27+/m1/s1. The van der Waals surface area contributed by atoms with Crippen molar-refractivity contribution in [3.63, 3.8) is 0 Å². The van der Waals surface area contributed by atoms with E-state index in [1.165, 1.54) is 12.4 Å². The third-order valence-electron chi connectivity index (χ3n) is 9.22. The van der Waals surface area contributed by atoms with Crippen LogP contribution in [-0.2, 0) is 35.5 Å². The first-order valence-corrected chi connectivity index (χ1v) is 15.5. The number of carboxylic acids is 1. The van der Waals surface area contributed by atoms with Gasteiger partial charge in [-0.2, -0.15) is 31.4 Å². The van der Waals surface area contributed by atoms with Crippen molar-refractivity contribution in [2.75, 3.05) is 11.4 Å². The summed E-state index contributed by atoms with van der Waals surface area (Å²) in [5, 5.41) is 13.4. The van der Waals surface area contributed by atoms with Crippen molar-refractivity contribution in [1.82, 2.24) is 24.6 Å². The topological polar surface area (TPSA) is 104 Å². The maximum absolute atomic E-state index is 13.7. The van der Waals surface area contributed by atoms with Crippen LogP contribution in [0.1, 0.15) is 68.6 Å². The van der Waals surface area contributed by atoms with Crippen LogP contribution in [0.4, 0.5) is 32.3 Å². The summed E-state index contributed by atoms with van der Waals surface area (Å²) in [7, 11) is 1.74. The lowest BCUT2D eigenvalue weighted by molar-refractivity contribution is -0.144. The molecule has 1 aliphatic carbocycles. The smallest absolute Gasteiger partial charge is 0.416 e. The van der Waals surface area contributed by atoms with Crippen molar-refractivity contribution in [2.24, 2.45) is 18.9 Å². The molecule has 2 fully saturated rings. The minimum atomic E-state index is -5.00. The predicted octanol–water partition coefficient (Wildman–Crippen LogP) is 6.58. The van der Waals surface area contributed by atoms with Gasteiger partial charge in [0.15, 0.2) is 0 Å². The van der Waals surface area contributed by atoms with Crippen molar-refractivity contribution in [3.05, 3.63) is 59.7 Å². The van der Waals surface area contributed by atoms with Gasteiger partial charge in [0.05, 0.1) is 29.3 Å². The molecule has 5 rings (SSSR count). The summed E-state index contributed by atoms with van der Waals surface area (Å²) in [4.78, 5) is 37.2. The van der Waals surface area contributed by atoms with Gasteiger partial charge in [-0.05, 0) is 68.2 Å². The SMILES string of the molecule is CC[C@@H]1C[C@H](N(Cc2cc(C(F)(F)F)cc(C(F)(F)F)c2)c2ncc(-c3cnn(C)c3)cn2)CN1C(=O)CC1CCC(C(=O)O)CC1. The zero-order chi connectivity index (χ0) is 34.1. The number of carboxylic acid groups (broad SMARTS) is 1. The fourth-order valence-electron chi connectivity index (χ4n) is 6.65. The molecule has 1 saturated heterocycles. The van der Waals surface area contributed by atoms with Crippen LogP contribution in [0.5, 0.6) is 0 Å². The van der Waals surface area contributed by atoms with Crippen molar-refractivity contribution in [2.45, 2.75) is 82.9 Å². The van der Waals surface area contributed by atoms with E-state index in [9.17, 15) is 41.0 Å². The molecule has 9 nitrogen and oxygen atoms in total. The molecule has 1 aromatic carbocycles. The molecular weight excluding hydrogens is 630 g/mol. The van der Waals surface area contributed by atoms with E-state index in [1.54, 1.807) is 33.9 Å². The molecule has 1 amide bonds. The van der Waals surface area contributed by atoms with Gasteiger partial charge in [-0.3, -0.25) is 14.3 Å². The summed E-state index contributed by atoms with van der Waals surface area (Å²) >= 11 is 0. The number of hydrogen-bond donors (Lipinski definition) is 1. The molecule has 47 heavy (non-hydrogen) atoms. The molecule has 254 valence electrons. The highest BCUT2D eigenvalue weighted by Gasteiger charge is 2.41. The van der Waals surface area contributed by atoms with Crippen molar-refractivity contribution >= 4 is 17.8 Å². The molecule has 2 aliphatic rings. The molecule has 1 aliphatic heterocycles. The third kappa shape index (κ3) is 8.04. The maximum atomic E-state index is 13.7. The fourth-order valence-corrected chi connectivity index (χ4v) is 6.65. The number of anilines is 1. The summed E-state index contributed by atoms with van der Waals surface area (Å²) in [6.07, 6.45) is -0.124. The number of carbonyl (C=O) groups excluding carboxylic acids is 1. The Morgan fingerprint density at radius 1 is 0.936 bits per heavy atom. The Kier molecular flexibility index (Phi) is 9.83. The molecule has 0 unspecified atom stereocenters. The van der Waals surface area contributed by atoms with E-state index in [-0.39, 0.29) is 55.0 Å². The van der Waals surface area contributed by atoms with Gasteiger partial charge < -0.3 is 14.9 Å². The monoisotopic (exact) mass is 666 g/mol. The van der Waals surface area contributed by atoms with Crippen LogP contribution in [0, 0.1) is 11.8 Å². The molecule has 0 spiro atoms. The Bertz CT molecular complexity index is 1530. The summed E-state index contributed by atoms with van der Waals surface area (Å²) in [5.41, 5.74) is -1.71. The average Bonchev–Trinajstić information content (AvgIpc) is 3.66. The summed E-state index contributed by atoms with van der Waals surface area (Å²) in [5.74, 6) is -1.20. The Labute approximate surface area is 267 Å². The number of amides is 1. The van der Waals surface area contributed by atoms with Gasteiger partial charge in [0.2, 0.25) is 11.9 Å². The lowest BCUT2D eigenvalue weighted by atomic mass is 9.80.